The van der Waals surface area contributed by atoms with E-state index in [1.807, 2.05) is 17.5 Å². The molecular formula is C26H31N3O5S. The Kier molecular flexibility index (Phi) is 5.99. The van der Waals surface area contributed by atoms with Gasteiger partial charge in [0.15, 0.2) is 11.5 Å². The number of urea groups is 1. The third-order valence-electron chi connectivity index (χ3n) is 6.95. The zero-order valence-electron chi connectivity index (χ0n) is 20.3. The van der Waals surface area contributed by atoms with Crippen LogP contribution in [0.3, 0.4) is 0 Å². The molecule has 3 aliphatic rings. The van der Waals surface area contributed by atoms with Crippen LogP contribution in [0.2, 0.25) is 0 Å². The van der Waals surface area contributed by atoms with Gasteiger partial charge in [-0.3, -0.25) is 14.5 Å². The summed E-state index contributed by atoms with van der Waals surface area (Å²) >= 11 is 1.54. The predicted molar refractivity (Wildman–Crippen MR) is 133 cm³/mol. The monoisotopic (exact) mass is 497 g/mol. The number of hydrogen-bond acceptors (Lipinski definition) is 6. The Labute approximate surface area is 209 Å². The molecule has 3 heterocycles. The quantitative estimate of drug-likeness (QED) is 0.626. The summed E-state index contributed by atoms with van der Waals surface area (Å²) < 4.78 is 11.3. The van der Waals surface area contributed by atoms with Crippen LogP contribution in [-0.4, -0.2) is 48.0 Å². The van der Waals surface area contributed by atoms with E-state index in [0.717, 1.165) is 16.2 Å². The molecule has 186 valence electrons. The van der Waals surface area contributed by atoms with Crippen molar-refractivity contribution in [2.75, 3.05) is 24.7 Å². The van der Waals surface area contributed by atoms with Crippen LogP contribution in [0, 0.1) is 11.3 Å². The molecule has 4 amide bonds. The van der Waals surface area contributed by atoms with E-state index < -0.39 is 11.6 Å². The fourth-order valence-corrected chi connectivity index (χ4v) is 6.64. The van der Waals surface area contributed by atoms with E-state index in [1.54, 1.807) is 34.4 Å². The minimum Gasteiger partial charge on any atom is -0.486 e. The van der Waals surface area contributed by atoms with Gasteiger partial charge in [-0.15, -0.1) is 11.3 Å². The van der Waals surface area contributed by atoms with Gasteiger partial charge in [-0.25, -0.2) is 4.79 Å². The van der Waals surface area contributed by atoms with Gasteiger partial charge >= 0.3 is 6.03 Å². The van der Waals surface area contributed by atoms with Crippen molar-refractivity contribution >= 4 is 34.9 Å². The first-order valence-electron chi connectivity index (χ1n) is 12.0. The predicted octanol–water partition coefficient (Wildman–Crippen LogP) is 4.19. The SMILES string of the molecule is C[C@@H]1CC(C)(C)C[C@@]2(C1)NC(=O)N(CC(=O)N(Cc1cccs1)c1ccc3c(c1)OCCO3)C2=O. The standard InChI is InChI=1S/C26H31N3O5S/c1-17-12-25(2,3)16-26(13-17)23(31)29(24(32)27-26)15-22(30)28(14-19-5-4-10-35-19)18-6-7-20-21(11-18)34-9-8-33-20/h4-7,10-11,17H,8-9,12-16H2,1-3H3,(H,27,32)/t17-,26-/m1/s1. The fourth-order valence-electron chi connectivity index (χ4n) is 5.95. The second-order valence-electron chi connectivity index (χ2n) is 10.6. The van der Waals surface area contributed by atoms with E-state index in [0.29, 0.717) is 55.7 Å². The number of fused-ring (bicyclic) bond motifs is 1. The molecule has 1 spiro atoms. The van der Waals surface area contributed by atoms with Gasteiger partial charge in [0, 0.05) is 16.6 Å². The van der Waals surface area contributed by atoms with E-state index in [2.05, 4.69) is 26.1 Å². The number of rotatable bonds is 5. The molecular weight excluding hydrogens is 466 g/mol. The molecule has 8 nitrogen and oxygen atoms in total. The van der Waals surface area contributed by atoms with Gasteiger partial charge in [-0.1, -0.05) is 26.8 Å². The van der Waals surface area contributed by atoms with Gasteiger partial charge in [0.25, 0.3) is 5.91 Å². The van der Waals surface area contributed by atoms with Crippen molar-refractivity contribution in [1.29, 1.82) is 0 Å². The maximum atomic E-state index is 13.6. The van der Waals surface area contributed by atoms with Gasteiger partial charge in [0.2, 0.25) is 5.91 Å². The lowest BCUT2D eigenvalue weighted by atomic mass is 9.64. The van der Waals surface area contributed by atoms with Crippen LogP contribution in [0.1, 0.15) is 44.9 Å². The van der Waals surface area contributed by atoms with Crippen LogP contribution in [0.4, 0.5) is 10.5 Å². The highest BCUT2D eigenvalue weighted by Gasteiger charge is 2.56. The number of hydrogen-bond donors (Lipinski definition) is 1. The van der Waals surface area contributed by atoms with Gasteiger partial charge in [-0.2, -0.15) is 0 Å². The average molecular weight is 498 g/mol. The van der Waals surface area contributed by atoms with E-state index in [1.165, 1.54) is 0 Å². The molecule has 2 aliphatic heterocycles. The zero-order valence-corrected chi connectivity index (χ0v) is 21.2. The fraction of sp³-hybridized carbons (Fsp3) is 0.500. The number of ether oxygens (including phenoxy) is 2. The van der Waals surface area contributed by atoms with Crippen LogP contribution >= 0.6 is 11.3 Å². The van der Waals surface area contributed by atoms with Crippen LogP contribution in [0.15, 0.2) is 35.7 Å². The minimum atomic E-state index is -0.936. The second kappa shape index (κ2) is 8.86. The van der Waals surface area contributed by atoms with Crippen molar-refractivity contribution in [3.8, 4) is 11.5 Å². The number of amides is 4. The number of imide groups is 1. The summed E-state index contributed by atoms with van der Waals surface area (Å²) in [5.74, 6) is 0.873. The molecule has 1 aromatic carbocycles. The number of thiophene rings is 1. The maximum Gasteiger partial charge on any atom is 0.325 e. The second-order valence-corrected chi connectivity index (χ2v) is 11.7. The van der Waals surface area contributed by atoms with Crippen LogP contribution < -0.4 is 19.7 Å². The highest BCUT2D eigenvalue weighted by atomic mass is 32.1. The Bertz CT molecular complexity index is 1150. The molecule has 1 saturated carbocycles. The molecule has 2 fully saturated rings. The van der Waals surface area contributed by atoms with Crippen molar-refractivity contribution in [2.24, 2.45) is 11.3 Å². The summed E-state index contributed by atoms with van der Waals surface area (Å²) in [7, 11) is 0. The Balaban J connectivity index is 1.40. The normalized spacial score (nSPS) is 25.0. The van der Waals surface area contributed by atoms with Crippen molar-refractivity contribution in [2.45, 2.75) is 52.1 Å². The molecule has 1 N–H and O–H groups in total. The third-order valence-corrected chi connectivity index (χ3v) is 7.81. The van der Waals surface area contributed by atoms with Crippen molar-refractivity contribution < 1.29 is 23.9 Å². The molecule has 0 unspecified atom stereocenters. The summed E-state index contributed by atoms with van der Waals surface area (Å²) in [6.07, 6.45) is 2.16. The number of carbonyl (C=O) groups is 3. The smallest absolute Gasteiger partial charge is 0.325 e. The van der Waals surface area contributed by atoms with Gasteiger partial charge in [-0.05, 0) is 54.2 Å². The van der Waals surface area contributed by atoms with Gasteiger partial charge < -0.3 is 19.7 Å². The highest BCUT2D eigenvalue weighted by Crippen LogP contribution is 2.46. The summed E-state index contributed by atoms with van der Waals surface area (Å²) in [5, 5.41) is 4.91. The molecule has 2 atom stereocenters. The molecule has 35 heavy (non-hydrogen) atoms. The molecule has 2 aromatic rings. The topological polar surface area (TPSA) is 88.2 Å². The van der Waals surface area contributed by atoms with Crippen molar-refractivity contribution in [3.05, 3.63) is 40.6 Å². The zero-order chi connectivity index (χ0) is 24.8. The first kappa shape index (κ1) is 23.7. The summed E-state index contributed by atoms with van der Waals surface area (Å²) in [6.45, 7) is 7.29. The van der Waals surface area contributed by atoms with Crippen molar-refractivity contribution in [3.63, 3.8) is 0 Å². The van der Waals surface area contributed by atoms with E-state index >= 15 is 0 Å². The summed E-state index contributed by atoms with van der Waals surface area (Å²) in [4.78, 5) is 43.9. The molecule has 0 radical (unpaired) electrons. The lowest BCUT2D eigenvalue weighted by Gasteiger charge is -2.43. The number of anilines is 1. The number of carbonyl (C=O) groups excluding carboxylic acids is 3. The first-order valence-corrected chi connectivity index (χ1v) is 12.9. The third kappa shape index (κ3) is 4.61. The van der Waals surface area contributed by atoms with E-state index in [4.69, 9.17) is 9.47 Å². The number of nitrogens with zero attached hydrogens (tertiary/aromatic N) is 2. The van der Waals surface area contributed by atoms with Gasteiger partial charge in [0.05, 0.1) is 6.54 Å². The Morgan fingerprint density at radius 3 is 2.66 bits per heavy atom. The largest absolute Gasteiger partial charge is 0.486 e. The van der Waals surface area contributed by atoms with Crippen LogP contribution in [-0.2, 0) is 16.1 Å². The molecule has 0 bridgehead atoms. The average Bonchev–Trinajstić information content (AvgIpc) is 3.38. The number of nitrogens with one attached hydrogen (secondary N) is 1. The summed E-state index contributed by atoms with van der Waals surface area (Å²) in [5.41, 5.74) is -0.382. The van der Waals surface area contributed by atoms with Crippen LogP contribution in [0.5, 0.6) is 11.5 Å². The number of benzene rings is 1. The molecule has 1 saturated heterocycles. The Hall–Kier alpha value is -3.07. The van der Waals surface area contributed by atoms with Crippen LogP contribution in [0.25, 0.3) is 0 Å². The van der Waals surface area contributed by atoms with E-state index in [-0.39, 0.29) is 23.8 Å². The molecule has 1 aromatic heterocycles. The molecule has 1 aliphatic carbocycles. The molecule has 9 heteroatoms. The Morgan fingerprint density at radius 2 is 1.94 bits per heavy atom. The van der Waals surface area contributed by atoms with Crippen molar-refractivity contribution in [1.82, 2.24) is 10.2 Å². The minimum absolute atomic E-state index is 0.0724. The summed E-state index contributed by atoms with van der Waals surface area (Å²) in [6, 6.07) is 8.76. The maximum absolute atomic E-state index is 13.6. The van der Waals surface area contributed by atoms with E-state index in [9.17, 15) is 14.4 Å². The lowest BCUT2D eigenvalue weighted by molar-refractivity contribution is -0.137. The lowest BCUT2D eigenvalue weighted by Crippen LogP contribution is -2.54. The van der Waals surface area contributed by atoms with Gasteiger partial charge in [0.1, 0.15) is 25.3 Å². The highest BCUT2D eigenvalue weighted by molar-refractivity contribution is 7.09. The Morgan fingerprint density at radius 1 is 1.17 bits per heavy atom. The molecule has 5 rings (SSSR count). The first-order chi connectivity index (χ1) is 16.7.